The molecule has 86 valence electrons. The van der Waals surface area contributed by atoms with E-state index in [1.807, 2.05) is 0 Å². The Morgan fingerprint density at radius 3 is 2.69 bits per heavy atom. The van der Waals surface area contributed by atoms with E-state index in [-0.39, 0.29) is 6.29 Å². The number of halogens is 1. The summed E-state index contributed by atoms with van der Waals surface area (Å²) in [7, 11) is 1.32. The van der Waals surface area contributed by atoms with Gasteiger partial charge in [0.05, 0.1) is 17.7 Å². The van der Waals surface area contributed by atoms with Crippen molar-refractivity contribution in [3.05, 3.63) is 22.2 Å². The highest BCUT2D eigenvalue weighted by Gasteiger charge is 2.28. The zero-order valence-corrected chi connectivity index (χ0v) is 9.92. The summed E-state index contributed by atoms with van der Waals surface area (Å²) in [5.74, 6) is 0.560. The van der Waals surface area contributed by atoms with Crippen LogP contribution in [0.25, 0.3) is 0 Å². The number of esters is 1. The minimum Gasteiger partial charge on any atom is -0.465 e. The van der Waals surface area contributed by atoms with E-state index in [9.17, 15) is 4.79 Å². The highest BCUT2D eigenvalue weighted by molar-refractivity contribution is 6.32. The zero-order valence-electron chi connectivity index (χ0n) is 9.17. The molecule has 0 aromatic heterocycles. The molecular formula is C11H11ClO4. The maximum absolute atomic E-state index is 11.5. The normalized spacial score (nSPS) is 17.4. The monoisotopic (exact) mass is 242 g/mol. The number of rotatable bonds is 1. The van der Waals surface area contributed by atoms with E-state index >= 15 is 0 Å². The highest BCUT2D eigenvalue weighted by Crippen LogP contribution is 2.44. The van der Waals surface area contributed by atoms with Crippen LogP contribution in [0.15, 0.2) is 6.07 Å². The lowest BCUT2D eigenvalue weighted by Crippen LogP contribution is -2.11. The van der Waals surface area contributed by atoms with Crippen molar-refractivity contribution in [3.8, 4) is 11.5 Å². The summed E-state index contributed by atoms with van der Waals surface area (Å²) in [5.41, 5.74) is 1.07. The number of fused-ring (bicyclic) bond motifs is 1. The van der Waals surface area contributed by atoms with Crippen molar-refractivity contribution in [3.63, 3.8) is 0 Å². The van der Waals surface area contributed by atoms with Gasteiger partial charge in [-0.1, -0.05) is 11.6 Å². The van der Waals surface area contributed by atoms with Gasteiger partial charge in [0.15, 0.2) is 11.5 Å². The van der Waals surface area contributed by atoms with E-state index in [2.05, 4.69) is 4.74 Å². The van der Waals surface area contributed by atoms with Crippen molar-refractivity contribution in [1.29, 1.82) is 0 Å². The molecule has 1 aromatic carbocycles. The molecule has 0 aliphatic carbocycles. The lowest BCUT2D eigenvalue weighted by Gasteiger charge is -2.08. The van der Waals surface area contributed by atoms with Crippen LogP contribution in [0.5, 0.6) is 11.5 Å². The number of benzene rings is 1. The van der Waals surface area contributed by atoms with Gasteiger partial charge < -0.3 is 14.2 Å². The topological polar surface area (TPSA) is 44.8 Å². The largest absolute Gasteiger partial charge is 0.465 e. The number of carbonyl (C=O) groups is 1. The Morgan fingerprint density at radius 2 is 2.06 bits per heavy atom. The molecule has 1 heterocycles. The second-order valence-corrected chi connectivity index (χ2v) is 3.89. The van der Waals surface area contributed by atoms with E-state index in [0.29, 0.717) is 27.6 Å². The van der Waals surface area contributed by atoms with E-state index < -0.39 is 5.97 Å². The van der Waals surface area contributed by atoms with Crippen molar-refractivity contribution < 1.29 is 19.0 Å². The molecule has 0 amide bonds. The lowest BCUT2D eigenvalue weighted by molar-refractivity contribution is 0.0594. The third-order valence-corrected chi connectivity index (χ3v) is 2.69. The molecule has 0 radical (unpaired) electrons. The Balaban J connectivity index is 2.57. The Labute approximate surface area is 98.1 Å². The van der Waals surface area contributed by atoms with Crippen molar-refractivity contribution in [2.45, 2.75) is 20.1 Å². The first kappa shape index (κ1) is 11.1. The van der Waals surface area contributed by atoms with Gasteiger partial charge in [-0.15, -0.1) is 0 Å². The Hall–Kier alpha value is -1.42. The molecule has 1 aromatic rings. The summed E-state index contributed by atoms with van der Waals surface area (Å²) in [5, 5.41) is 0.352. The smallest absolute Gasteiger partial charge is 0.338 e. The summed E-state index contributed by atoms with van der Waals surface area (Å²) in [6, 6.07) is 1.53. The van der Waals surface area contributed by atoms with Crippen LogP contribution in [0.3, 0.4) is 0 Å². The van der Waals surface area contributed by atoms with E-state index in [1.165, 1.54) is 13.2 Å². The molecule has 0 fully saturated rings. The van der Waals surface area contributed by atoms with Crippen LogP contribution in [0, 0.1) is 6.92 Å². The zero-order chi connectivity index (χ0) is 11.9. The summed E-state index contributed by atoms with van der Waals surface area (Å²) in [6.45, 7) is 3.52. The van der Waals surface area contributed by atoms with E-state index in [0.717, 1.165) is 0 Å². The molecule has 2 rings (SSSR count). The predicted molar refractivity (Wildman–Crippen MR) is 58.2 cm³/mol. The summed E-state index contributed by atoms with van der Waals surface area (Å²) in [4.78, 5) is 11.5. The molecule has 0 bridgehead atoms. The minimum atomic E-state index is -0.439. The Kier molecular flexibility index (Phi) is 2.68. The highest BCUT2D eigenvalue weighted by atomic mass is 35.5. The van der Waals surface area contributed by atoms with Gasteiger partial charge in [0.25, 0.3) is 0 Å². The van der Waals surface area contributed by atoms with Crippen LogP contribution in [0.2, 0.25) is 5.02 Å². The summed E-state index contributed by atoms with van der Waals surface area (Å²) >= 11 is 6.00. The molecule has 0 saturated carbocycles. The number of hydrogen-bond donors (Lipinski definition) is 0. The Bertz CT molecular complexity index is 456. The maximum atomic E-state index is 11.5. The van der Waals surface area contributed by atoms with E-state index in [4.69, 9.17) is 21.1 Å². The number of ether oxygens (including phenoxy) is 3. The molecule has 0 spiro atoms. The molecule has 1 aliphatic rings. The van der Waals surface area contributed by atoms with Crippen molar-refractivity contribution >= 4 is 17.6 Å². The standard InChI is InChI=1S/C11H11ClO4/c1-5-7(11(13)14-3)4-8(12)10-9(5)15-6(2)16-10/h4,6H,1-3H3. The van der Waals surface area contributed by atoms with Crippen molar-refractivity contribution in [1.82, 2.24) is 0 Å². The molecular weight excluding hydrogens is 232 g/mol. The third-order valence-electron chi connectivity index (χ3n) is 2.41. The van der Waals surface area contributed by atoms with Crippen LogP contribution in [0.1, 0.15) is 22.8 Å². The van der Waals surface area contributed by atoms with Crippen LogP contribution in [-0.2, 0) is 4.74 Å². The SMILES string of the molecule is COC(=O)c1cc(Cl)c2c(c1C)OC(C)O2. The van der Waals surface area contributed by atoms with Crippen molar-refractivity contribution in [2.75, 3.05) is 7.11 Å². The fraction of sp³-hybridized carbons (Fsp3) is 0.364. The fourth-order valence-electron chi connectivity index (χ4n) is 1.63. The van der Waals surface area contributed by atoms with Crippen LogP contribution in [0.4, 0.5) is 0 Å². The summed E-state index contributed by atoms with van der Waals surface area (Å²) in [6.07, 6.45) is -0.390. The average Bonchev–Trinajstić information content (AvgIpc) is 2.65. The first-order chi connectivity index (χ1) is 7.54. The third kappa shape index (κ3) is 1.59. The van der Waals surface area contributed by atoms with Gasteiger partial charge in [0.1, 0.15) is 0 Å². The van der Waals surface area contributed by atoms with Crippen molar-refractivity contribution in [2.24, 2.45) is 0 Å². The van der Waals surface area contributed by atoms with Gasteiger partial charge in [0.2, 0.25) is 6.29 Å². The van der Waals surface area contributed by atoms with Gasteiger partial charge in [-0.3, -0.25) is 0 Å². The van der Waals surface area contributed by atoms with Gasteiger partial charge in [-0.05, 0) is 13.0 Å². The lowest BCUT2D eigenvalue weighted by atomic mass is 10.1. The van der Waals surface area contributed by atoms with Crippen LogP contribution >= 0.6 is 11.6 Å². The predicted octanol–water partition coefficient (Wildman–Crippen LogP) is 2.55. The van der Waals surface area contributed by atoms with Crippen LogP contribution < -0.4 is 9.47 Å². The molecule has 16 heavy (non-hydrogen) atoms. The molecule has 1 aliphatic heterocycles. The van der Waals surface area contributed by atoms with Gasteiger partial charge in [-0.25, -0.2) is 4.79 Å². The quantitative estimate of drug-likeness (QED) is 0.710. The first-order valence-corrected chi connectivity index (χ1v) is 5.17. The van der Waals surface area contributed by atoms with Gasteiger partial charge >= 0.3 is 5.97 Å². The number of hydrogen-bond acceptors (Lipinski definition) is 4. The second kappa shape index (κ2) is 3.87. The van der Waals surface area contributed by atoms with E-state index in [1.54, 1.807) is 13.8 Å². The number of carbonyl (C=O) groups excluding carboxylic acids is 1. The number of methoxy groups -OCH3 is 1. The average molecular weight is 243 g/mol. The molecule has 4 nitrogen and oxygen atoms in total. The molecule has 1 atom stereocenters. The molecule has 0 N–H and O–H groups in total. The molecule has 1 unspecified atom stereocenters. The second-order valence-electron chi connectivity index (χ2n) is 3.48. The minimum absolute atomic E-state index is 0.352. The Morgan fingerprint density at radius 1 is 1.44 bits per heavy atom. The first-order valence-electron chi connectivity index (χ1n) is 4.79. The summed E-state index contributed by atoms with van der Waals surface area (Å²) < 4.78 is 15.5. The molecule has 5 heteroatoms. The molecule has 0 saturated heterocycles. The maximum Gasteiger partial charge on any atom is 0.338 e. The van der Waals surface area contributed by atoms with Gasteiger partial charge in [-0.2, -0.15) is 0 Å². The van der Waals surface area contributed by atoms with Gasteiger partial charge in [0, 0.05) is 12.5 Å². The van der Waals surface area contributed by atoms with Crippen LogP contribution in [-0.4, -0.2) is 19.4 Å². The fourth-order valence-corrected chi connectivity index (χ4v) is 1.87.